The lowest BCUT2D eigenvalue weighted by atomic mass is 9.82. The number of rotatable bonds is 3. The maximum absolute atomic E-state index is 5.59. The molecule has 0 aliphatic rings. The molecule has 1 aromatic heterocycles. The molecule has 0 saturated heterocycles. The monoisotopic (exact) mass is 300 g/mol. The van der Waals surface area contributed by atoms with E-state index in [0.717, 1.165) is 16.7 Å². The van der Waals surface area contributed by atoms with E-state index in [4.69, 9.17) is 5.73 Å². The highest BCUT2D eigenvalue weighted by Gasteiger charge is 2.26. The molecule has 0 aromatic carbocycles. The second-order valence-electron chi connectivity index (χ2n) is 6.17. The van der Waals surface area contributed by atoms with Gasteiger partial charge < -0.3 is 11.1 Å². The third kappa shape index (κ3) is 4.89. The molecule has 0 amide bonds. The number of hydrogen-bond acceptors (Lipinski definition) is 4. The zero-order valence-electron chi connectivity index (χ0n) is 11.1. The molecule has 0 radical (unpaired) electrons. The molecule has 0 atom stereocenters. The fraction of sp³-hybridized carbons (Fsp3) is 0.667. The van der Waals surface area contributed by atoms with Crippen LogP contribution in [-0.2, 0) is 0 Å². The Hall–Kier alpha value is -0.840. The van der Waals surface area contributed by atoms with Gasteiger partial charge in [-0.2, -0.15) is 4.98 Å². The van der Waals surface area contributed by atoms with Crippen molar-refractivity contribution in [1.82, 2.24) is 9.97 Å². The topological polar surface area (TPSA) is 63.8 Å². The number of aromatic nitrogens is 2. The highest BCUT2D eigenvalue weighted by Crippen LogP contribution is 2.31. The van der Waals surface area contributed by atoms with E-state index in [2.05, 4.69) is 65.8 Å². The molecule has 5 heteroatoms. The molecule has 0 spiro atoms. The zero-order valence-corrected chi connectivity index (χ0v) is 12.7. The van der Waals surface area contributed by atoms with Crippen molar-refractivity contribution >= 4 is 27.7 Å². The zero-order chi connectivity index (χ0) is 13.3. The third-order valence-electron chi connectivity index (χ3n) is 2.19. The van der Waals surface area contributed by atoms with Crippen LogP contribution in [0.2, 0.25) is 0 Å². The van der Waals surface area contributed by atoms with Crippen molar-refractivity contribution < 1.29 is 0 Å². The third-order valence-corrected chi connectivity index (χ3v) is 2.77. The summed E-state index contributed by atoms with van der Waals surface area (Å²) in [4.78, 5) is 8.12. The van der Waals surface area contributed by atoms with Crippen LogP contribution in [-0.4, -0.2) is 15.5 Å². The molecule has 0 saturated carbocycles. The standard InChI is InChI=1S/C12H21BrN4/c1-11(2,3)7-12(4,5)17-9-8(13)6-15-10(14)16-9/h6H,7H2,1-5H3,(H3,14,15,16,17). The molecule has 1 heterocycles. The highest BCUT2D eigenvalue weighted by molar-refractivity contribution is 9.10. The Bertz CT molecular complexity index is 396. The number of nitrogens with two attached hydrogens (primary N) is 1. The summed E-state index contributed by atoms with van der Waals surface area (Å²) in [5.74, 6) is 1.02. The first-order chi connectivity index (χ1) is 7.59. The van der Waals surface area contributed by atoms with Crippen LogP contribution in [0.4, 0.5) is 11.8 Å². The lowest BCUT2D eigenvalue weighted by Gasteiger charge is -2.34. The average molecular weight is 301 g/mol. The minimum atomic E-state index is -0.0540. The van der Waals surface area contributed by atoms with Gasteiger partial charge in [0.25, 0.3) is 0 Å². The molecule has 17 heavy (non-hydrogen) atoms. The smallest absolute Gasteiger partial charge is 0.221 e. The van der Waals surface area contributed by atoms with Crippen molar-refractivity contribution in [2.45, 2.75) is 46.6 Å². The molecule has 3 N–H and O–H groups in total. The Morgan fingerprint density at radius 2 is 1.88 bits per heavy atom. The van der Waals surface area contributed by atoms with Gasteiger partial charge in [0.15, 0.2) is 0 Å². The molecule has 96 valence electrons. The number of nitrogens with one attached hydrogen (secondary N) is 1. The second-order valence-corrected chi connectivity index (χ2v) is 7.03. The number of nitrogens with zero attached hydrogens (tertiary/aromatic N) is 2. The minimum absolute atomic E-state index is 0.0540. The first kappa shape index (κ1) is 14.2. The second kappa shape index (κ2) is 4.80. The molecular formula is C12H21BrN4. The van der Waals surface area contributed by atoms with E-state index in [1.165, 1.54) is 0 Å². The maximum Gasteiger partial charge on any atom is 0.221 e. The van der Waals surface area contributed by atoms with Crippen molar-refractivity contribution in [2.75, 3.05) is 11.1 Å². The van der Waals surface area contributed by atoms with Gasteiger partial charge in [-0.05, 0) is 41.6 Å². The van der Waals surface area contributed by atoms with E-state index in [9.17, 15) is 0 Å². The van der Waals surface area contributed by atoms with Crippen molar-refractivity contribution in [1.29, 1.82) is 0 Å². The SMILES string of the molecule is CC(C)(C)CC(C)(C)Nc1nc(N)ncc1Br. The van der Waals surface area contributed by atoms with Crippen molar-refractivity contribution in [3.05, 3.63) is 10.7 Å². The lowest BCUT2D eigenvalue weighted by Crippen LogP contribution is -2.36. The lowest BCUT2D eigenvalue weighted by molar-refractivity contribution is 0.302. The fourth-order valence-electron chi connectivity index (χ4n) is 2.16. The van der Waals surface area contributed by atoms with Crippen molar-refractivity contribution in [3.8, 4) is 0 Å². The quantitative estimate of drug-likeness (QED) is 0.897. The van der Waals surface area contributed by atoms with Crippen LogP contribution in [0.1, 0.15) is 41.0 Å². The highest BCUT2D eigenvalue weighted by atomic mass is 79.9. The molecular weight excluding hydrogens is 280 g/mol. The summed E-state index contributed by atoms with van der Waals surface area (Å²) < 4.78 is 0.827. The van der Waals surface area contributed by atoms with Crippen LogP contribution >= 0.6 is 15.9 Å². The molecule has 0 aliphatic heterocycles. The van der Waals surface area contributed by atoms with E-state index in [1.54, 1.807) is 6.20 Å². The number of anilines is 2. The van der Waals surface area contributed by atoms with Gasteiger partial charge in [0, 0.05) is 11.7 Å². The van der Waals surface area contributed by atoms with Gasteiger partial charge in [-0.3, -0.25) is 0 Å². The van der Waals surface area contributed by atoms with Gasteiger partial charge in [0.1, 0.15) is 5.82 Å². The van der Waals surface area contributed by atoms with E-state index < -0.39 is 0 Å². The van der Waals surface area contributed by atoms with Gasteiger partial charge in [0.2, 0.25) is 5.95 Å². The van der Waals surface area contributed by atoms with Gasteiger partial charge >= 0.3 is 0 Å². The first-order valence-corrected chi connectivity index (χ1v) is 6.45. The average Bonchev–Trinajstić information content (AvgIpc) is 2.06. The molecule has 1 aromatic rings. The number of halogens is 1. The fourth-order valence-corrected chi connectivity index (χ4v) is 2.45. The van der Waals surface area contributed by atoms with Crippen molar-refractivity contribution in [3.63, 3.8) is 0 Å². The van der Waals surface area contributed by atoms with E-state index in [1.807, 2.05) is 0 Å². The summed E-state index contributed by atoms with van der Waals surface area (Å²) in [6, 6.07) is 0. The minimum Gasteiger partial charge on any atom is -0.368 e. The van der Waals surface area contributed by atoms with Gasteiger partial charge in [-0.1, -0.05) is 20.8 Å². The number of nitrogen functional groups attached to an aromatic ring is 1. The Balaban J connectivity index is 2.86. The molecule has 0 bridgehead atoms. The van der Waals surface area contributed by atoms with Crippen LogP contribution in [0.5, 0.6) is 0 Å². The summed E-state index contributed by atoms with van der Waals surface area (Å²) in [5.41, 5.74) is 5.79. The van der Waals surface area contributed by atoms with Gasteiger partial charge in [0.05, 0.1) is 4.47 Å². The molecule has 0 unspecified atom stereocenters. The van der Waals surface area contributed by atoms with E-state index in [0.29, 0.717) is 0 Å². The largest absolute Gasteiger partial charge is 0.368 e. The Labute approximate surface area is 112 Å². The molecule has 1 rings (SSSR count). The predicted octanol–water partition coefficient (Wildman–Crippen LogP) is 3.45. The molecule has 4 nitrogen and oxygen atoms in total. The summed E-state index contributed by atoms with van der Waals surface area (Å²) in [6.45, 7) is 11.0. The van der Waals surface area contributed by atoms with Crippen molar-refractivity contribution in [2.24, 2.45) is 5.41 Å². The predicted molar refractivity (Wildman–Crippen MR) is 75.9 cm³/mol. The van der Waals surface area contributed by atoms with Gasteiger partial charge in [-0.25, -0.2) is 4.98 Å². The summed E-state index contributed by atoms with van der Waals surface area (Å²) >= 11 is 3.42. The first-order valence-electron chi connectivity index (χ1n) is 5.65. The van der Waals surface area contributed by atoms with Crippen LogP contribution < -0.4 is 11.1 Å². The van der Waals surface area contributed by atoms with Crippen LogP contribution in [0.15, 0.2) is 10.7 Å². The van der Waals surface area contributed by atoms with Crippen LogP contribution in [0, 0.1) is 5.41 Å². The Kier molecular flexibility index (Phi) is 4.02. The summed E-state index contributed by atoms with van der Waals surface area (Å²) in [6.07, 6.45) is 2.69. The molecule has 0 fully saturated rings. The van der Waals surface area contributed by atoms with E-state index >= 15 is 0 Å². The molecule has 0 aliphatic carbocycles. The summed E-state index contributed by atoms with van der Waals surface area (Å²) in [7, 11) is 0. The van der Waals surface area contributed by atoms with Gasteiger partial charge in [-0.15, -0.1) is 0 Å². The van der Waals surface area contributed by atoms with Crippen LogP contribution in [0.25, 0.3) is 0 Å². The number of hydrogen-bond donors (Lipinski definition) is 2. The maximum atomic E-state index is 5.59. The normalized spacial score (nSPS) is 12.6. The van der Waals surface area contributed by atoms with Crippen LogP contribution in [0.3, 0.4) is 0 Å². The summed E-state index contributed by atoms with van der Waals surface area (Å²) in [5, 5.41) is 3.41. The Morgan fingerprint density at radius 1 is 1.29 bits per heavy atom. The Morgan fingerprint density at radius 3 is 2.41 bits per heavy atom. The van der Waals surface area contributed by atoms with E-state index in [-0.39, 0.29) is 16.9 Å².